The summed E-state index contributed by atoms with van der Waals surface area (Å²) in [6.45, 7) is -0.0770. The van der Waals surface area contributed by atoms with Gasteiger partial charge >= 0.3 is 5.97 Å². The van der Waals surface area contributed by atoms with E-state index < -0.39 is 12.0 Å². The summed E-state index contributed by atoms with van der Waals surface area (Å²) in [6.07, 6.45) is 3.26. The molecule has 0 heterocycles. The minimum absolute atomic E-state index is 0.0770. The van der Waals surface area contributed by atoms with E-state index >= 15 is 0 Å². The predicted octanol–water partition coefficient (Wildman–Crippen LogP) is -0.663. The molecule has 0 spiro atoms. The maximum absolute atomic E-state index is 10.1. The van der Waals surface area contributed by atoms with E-state index in [2.05, 4.69) is 0 Å². The molecule has 0 aromatic heterocycles. The molecule has 0 amide bonds. The van der Waals surface area contributed by atoms with Crippen LogP contribution in [0.4, 0.5) is 0 Å². The topological polar surface area (TPSA) is 83.5 Å². The third kappa shape index (κ3) is 4.05. The van der Waals surface area contributed by atoms with Gasteiger partial charge in [-0.2, -0.15) is 0 Å². The highest BCUT2D eigenvalue weighted by atomic mass is 16.4. The Morgan fingerprint density at radius 3 is 2.60 bits per heavy atom. The van der Waals surface area contributed by atoms with Crippen molar-refractivity contribution >= 4 is 5.97 Å². The van der Waals surface area contributed by atoms with Crippen molar-refractivity contribution in [2.24, 2.45) is 5.73 Å². The van der Waals surface area contributed by atoms with Crippen molar-refractivity contribution in [1.82, 2.24) is 0 Å². The van der Waals surface area contributed by atoms with Crippen molar-refractivity contribution in [2.75, 3.05) is 6.61 Å². The Kier molecular flexibility index (Phi) is 4.53. The lowest BCUT2D eigenvalue weighted by Crippen LogP contribution is -2.29. The number of carbonyl (C=O) groups is 1. The van der Waals surface area contributed by atoms with Gasteiger partial charge in [-0.25, -0.2) is 0 Å². The first-order chi connectivity index (χ1) is 4.68. The van der Waals surface area contributed by atoms with E-state index in [9.17, 15) is 4.79 Å². The number of aliphatic hydroxyl groups excluding tert-OH is 1. The van der Waals surface area contributed by atoms with Crippen molar-refractivity contribution in [1.29, 1.82) is 0 Å². The number of carboxylic acid groups (broad SMARTS) is 1. The average molecular weight is 145 g/mol. The van der Waals surface area contributed by atoms with Crippen LogP contribution in [-0.2, 0) is 4.79 Å². The van der Waals surface area contributed by atoms with E-state index in [1.54, 1.807) is 6.08 Å². The predicted molar refractivity (Wildman–Crippen MR) is 36.5 cm³/mol. The third-order valence-electron chi connectivity index (χ3n) is 0.979. The lowest BCUT2D eigenvalue weighted by Gasteiger charge is -1.99. The third-order valence-corrected chi connectivity index (χ3v) is 0.979. The number of nitrogens with two attached hydrogens (primary N) is 1. The largest absolute Gasteiger partial charge is 0.480 e. The minimum Gasteiger partial charge on any atom is -0.480 e. The molecule has 0 aromatic rings. The molecule has 0 aliphatic heterocycles. The van der Waals surface area contributed by atoms with Crippen LogP contribution in [0.2, 0.25) is 0 Å². The molecule has 0 saturated heterocycles. The fourth-order valence-corrected chi connectivity index (χ4v) is 0.418. The second kappa shape index (κ2) is 4.96. The van der Waals surface area contributed by atoms with Crippen molar-refractivity contribution in [2.45, 2.75) is 12.5 Å². The SMILES string of the molecule is NC(C/C=C\CO)C(=O)O. The molecule has 4 N–H and O–H groups in total. The van der Waals surface area contributed by atoms with Crippen molar-refractivity contribution in [3.8, 4) is 0 Å². The second-order valence-corrected chi connectivity index (χ2v) is 1.83. The molecule has 10 heavy (non-hydrogen) atoms. The highest BCUT2D eigenvalue weighted by Gasteiger charge is 2.07. The monoisotopic (exact) mass is 145 g/mol. The molecule has 0 fully saturated rings. The second-order valence-electron chi connectivity index (χ2n) is 1.83. The van der Waals surface area contributed by atoms with Crippen molar-refractivity contribution < 1.29 is 15.0 Å². The van der Waals surface area contributed by atoms with Crippen LogP contribution in [0.25, 0.3) is 0 Å². The summed E-state index contributed by atoms with van der Waals surface area (Å²) in [4.78, 5) is 10.1. The quantitative estimate of drug-likeness (QED) is 0.458. The summed E-state index contributed by atoms with van der Waals surface area (Å²) in [6, 6.07) is -0.859. The molecular formula is C6H11NO3. The summed E-state index contributed by atoms with van der Waals surface area (Å²) in [5.74, 6) is -1.03. The van der Waals surface area contributed by atoms with Gasteiger partial charge < -0.3 is 15.9 Å². The number of carboxylic acids is 1. The molecule has 1 unspecified atom stereocenters. The number of aliphatic carboxylic acids is 1. The van der Waals surface area contributed by atoms with E-state index in [0.717, 1.165) is 0 Å². The Morgan fingerprint density at radius 1 is 1.60 bits per heavy atom. The first-order valence-electron chi connectivity index (χ1n) is 2.92. The summed E-state index contributed by atoms with van der Waals surface area (Å²) < 4.78 is 0. The number of rotatable bonds is 4. The molecule has 0 aromatic carbocycles. The molecule has 0 rings (SSSR count). The first kappa shape index (κ1) is 9.13. The molecule has 0 aliphatic rings. The van der Waals surface area contributed by atoms with E-state index in [0.29, 0.717) is 0 Å². The highest BCUT2D eigenvalue weighted by molar-refractivity contribution is 5.73. The molecule has 0 saturated carbocycles. The van der Waals surface area contributed by atoms with E-state index in [1.807, 2.05) is 0 Å². The molecular weight excluding hydrogens is 134 g/mol. The summed E-state index contributed by atoms with van der Waals surface area (Å²) in [5, 5.41) is 16.5. The molecule has 4 nitrogen and oxygen atoms in total. The van der Waals surface area contributed by atoms with E-state index in [-0.39, 0.29) is 13.0 Å². The molecule has 1 atom stereocenters. The maximum atomic E-state index is 10.1. The zero-order valence-corrected chi connectivity index (χ0v) is 5.53. The first-order valence-corrected chi connectivity index (χ1v) is 2.92. The smallest absolute Gasteiger partial charge is 0.320 e. The van der Waals surface area contributed by atoms with Crippen molar-refractivity contribution in [3.63, 3.8) is 0 Å². The van der Waals surface area contributed by atoms with Crippen LogP contribution in [0.15, 0.2) is 12.2 Å². The molecule has 0 bridgehead atoms. The fourth-order valence-electron chi connectivity index (χ4n) is 0.418. The zero-order valence-electron chi connectivity index (χ0n) is 5.53. The normalized spacial score (nSPS) is 13.8. The van der Waals surface area contributed by atoms with Gasteiger partial charge in [0.1, 0.15) is 6.04 Å². The number of hydrogen-bond acceptors (Lipinski definition) is 3. The van der Waals surface area contributed by atoms with Crippen LogP contribution in [0.3, 0.4) is 0 Å². The van der Waals surface area contributed by atoms with Gasteiger partial charge in [0, 0.05) is 0 Å². The van der Waals surface area contributed by atoms with Gasteiger partial charge in [-0.3, -0.25) is 4.79 Å². The summed E-state index contributed by atoms with van der Waals surface area (Å²) in [7, 11) is 0. The van der Waals surface area contributed by atoms with Crippen LogP contribution in [-0.4, -0.2) is 28.8 Å². The Balaban J connectivity index is 3.48. The van der Waals surface area contributed by atoms with Crippen LogP contribution >= 0.6 is 0 Å². The lowest BCUT2D eigenvalue weighted by atomic mass is 10.2. The summed E-state index contributed by atoms with van der Waals surface area (Å²) in [5.41, 5.74) is 5.12. The summed E-state index contributed by atoms with van der Waals surface area (Å²) >= 11 is 0. The zero-order chi connectivity index (χ0) is 7.98. The number of hydrogen-bond donors (Lipinski definition) is 3. The lowest BCUT2D eigenvalue weighted by molar-refractivity contribution is -0.138. The fraction of sp³-hybridized carbons (Fsp3) is 0.500. The van der Waals surface area contributed by atoms with Gasteiger partial charge in [0.2, 0.25) is 0 Å². The Bertz CT molecular complexity index is 133. The van der Waals surface area contributed by atoms with Crippen LogP contribution in [0.1, 0.15) is 6.42 Å². The minimum atomic E-state index is -1.03. The molecule has 4 heteroatoms. The van der Waals surface area contributed by atoms with E-state index in [1.165, 1.54) is 6.08 Å². The number of aliphatic hydroxyl groups is 1. The van der Waals surface area contributed by atoms with Crippen molar-refractivity contribution in [3.05, 3.63) is 12.2 Å². The standard InChI is InChI=1S/C6H11NO3/c7-5(6(9)10)3-1-2-4-8/h1-2,5,8H,3-4,7H2,(H,9,10)/b2-1-. The van der Waals surface area contributed by atoms with Gasteiger partial charge in [0.25, 0.3) is 0 Å². The van der Waals surface area contributed by atoms with Crippen LogP contribution in [0.5, 0.6) is 0 Å². The van der Waals surface area contributed by atoms with E-state index in [4.69, 9.17) is 15.9 Å². The molecule has 0 aliphatic carbocycles. The average Bonchev–Trinajstić information content (AvgIpc) is 1.88. The van der Waals surface area contributed by atoms with Crippen LogP contribution < -0.4 is 5.73 Å². The van der Waals surface area contributed by atoms with Gasteiger partial charge in [-0.15, -0.1) is 0 Å². The van der Waals surface area contributed by atoms with Gasteiger partial charge in [0.15, 0.2) is 0 Å². The van der Waals surface area contributed by atoms with Gasteiger partial charge in [-0.1, -0.05) is 12.2 Å². The maximum Gasteiger partial charge on any atom is 0.320 e. The highest BCUT2D eigenvalue weighted by Crippen LogP contribution is 1.88. The van der Waals surface area contributed by atoms with Crippen LogP contribution in [0, 0.1) is 0 Å². The van der Waals surface area contributed by atoms with Gasteiger partial charge in [0.05, 0.1) is 6.61 Å². The Morgan fingerprint density at radius 2 is 2.20 bits per heavy atom. The molecule has 58 valence electrons. The Hall–Kier alpha value is -0.870. The molecule has 0 radical (unpaired) electrons. The van der Waals surface area contributed by atoms with Gasteiger partial charge in [-0.05, 0) is 6.42 Å². The Labute approximate surface area is 59.0 Å².